The Labute approximate surface area is 94.0 Å². The Morgan fingerprint density at radius 1 is 1.20 bits per heavy atom. The summed E-state index contributed by atoms with van der Waals surface area (Å²) in [7, 11) is 4.76. The quantitative estimate of drug-likeness (QED) is 0.769. The summed E-state index contributed by atoms with van der Waals surface area (Å²) < 4.78 is 23.2. The van der Waals surface area contributed by atoms with Gasteiger partial charge in [0.25, 0.3) is 0 Å². The maximum Gasteiger partial charge on any atom is 0.411 e. The van der Waals surface area contributed by atoms with Gasteiger partial charge in [-0.15, -0.1) is 0 Å². The van der Waals surface area contributed by atoms with E-state index in [-0.39, 0.29) is 0 Å². The van der Waals surface area contributed by atoms with Gasteiger partial charge in [-0.05, 0) is 38.4 Å². The van der Waals surface area contributed by atoms with E-state index in [4.69, 9.17) is 20.5 Å². The topological polar surface area (TPSA) is 38.8 Å². The first-order valence-corrected chi connectivity index (χ1v) is 6.75. The van der Waals surface area contributed by atoms with Crippen LogP contribution in [0.25, 0.3) is 0 Å². The molecule has 0 bridgehead atoms. The lowest BCUT2D eigenvalue weighted by Gasteiger charge is -2.18. The molecule has 84 valence electrons. The third kappa shape index (κ3) is 3.42. The van der Waals surface area contributed by atoms with Gasteiger partial charge in [0.15, 0.2) is 0 Å². The highest BCUT2D eigenvalue weighted by Crippen LogP contribution is 2.53. The van der Waals surface area contributed by atoms with E-state index in [1.165, 1.54) is 4.67 Å². The summed E-state index contributed by atoms with van der Waals surface area (Å²) in [5.74, 6) is 1.15. The number of halogens is 1. The molecule has 0 aliphatic carbocycles. The minimum absolute atomic E-state index is 0.447. The summed E-state index contributed by atoms with van der Waals surface area (Å²) in [6, 6.07) is 6.72. The first-order chi connectivity index (χ1) is 6.95. The second-order valence-electron chi connectivity index (χ2n) is 3.07. The SMILES string of the molecule is COc1ccc(O[P@](=O)(Cl)N(C)C)cc1. The molecule has 1 aromatic rings. The van der Waals surface area contributed by atoms with Crippen molar-refractivity contribution < 1.29 is 13.8 Å². The zero-order valence-corrected chi connectivity index (χ0v) is 10.5. The lowest BCUT2D eigenvalue weighted by atomic mass is 10.3. The molecule has 0 aliphatic heterocycles. The van der Waals surface area contributed by atoms with Crippen molar-refractivity contribution in [1.29, 1.82) is 0 Å². The molecule has 0 amide bonds. The smallest absolute Gasteiger partial charge is 0.411 e. The van der Waals surface area contributed by atoms with Crippen LogP contribution in [-0.4, -0.2) is 25.9 Å². The van der Waals surface area contributed by atoms with E-state index >= 15 is 0 Å². The molecule has 1 rings (SSSR count). The molecule has 1 aromatic carbocycles. The summed E-state index contributed by atoms with van der Waals surface area (Å²) in [4.78, 5) is 0. The number of ether oxygens (including phenoxy) is 1. The standard InChI is InChI=1S/C9H13ClNO3P/c1-11(2)15(10,12)14-9-6-4-8(13-3)5-7-9/h4-7H,1-3H3/t15-/m1/s1. The van der Waals surface area contributed by atoms with Crippen molar-refractivity contribution in [2.45, 2.75) is 0 Å². The van der Waals surface area contributed by atoms with Crippen molar-refractivity contribution in [2.24, 2.45) is 0 Å². The fraction of sp³-hybridized carbons (Fsp3) is 0.333. The van der Waals surface area contributed by atoms with Gasteiger partial charge in [-0.2, -0.15) is 0 Å². The third-order valence-electron chi connectivity index (χ3n) is 1.76. The number of methoxy groups -OCH3 is 1. The minimum atomic E-state index is -3.25. The Hall–Kier alpha value is -0.700. The van der Waals surface area contributed by atoms with E-state index in [1.54, 1.807) is 45.5 Å². The molecular weight excluding hydrogens is 237 g/mol. The zero-order valence-electron chi connectivity index (χ0n) is 8.81. The number of hydrogen-bond acceptors (Lipinski definition) is 3. The van der Waals surface area contributed by atoms with Crippen molar-refractivity contribution >= 4 is 18.1 Å². The Morgan fingerprint density at radius 2 is 1.67 bits per heavy atom. The molecule has 0 aliphatic rings. The van der Waals surface area contributed by atoms with Crippen molar-refractivity contribution in [3.05, 3.63) is 24.3 Å². The summed E-state index contributed by atoms with van der Waals surface area (Å²) in [5, 5.41) is 0. The molecule has 1 atom stereocenters. The second-order valence-corrected chi connectivity index (χ2v) is 6.23. The van der Waals surface area contributed by atoms with Crippen LogP contribution in [0, 0.1) is 0 Å². The van der Waals surface area contributed by atoms with Crippen molar-refractivity contribution in [1.82, 2.24) is 4.67 Å². The molecule has 0 N–H and O–H groups in total. The molecule has 0 saturated carbocycles. The van der Waals surface area contributed by atoms with E-state index in [1.807, 2.05) is 0 Å². The Bertz CT molecular complexity index is 366. The van der Waals surface area contributed by atoms with Crippen LogP contribution >= 0.6 is 18.1 Å². The van der Waals surface area contributed by atoms with Crippen LogP contribution in [0.1, 0.15) is 0 Å². The van der Waals surface area contributed by atoms with Crippen molar-refractivity contribution in [2.75, 3.05) is 21.2 Å². The second kappa shape index (κ2) is 4.88. The van der Waals surface area contributed by atoms with Crippen LogP contribution in [0.3, 0.4) is 0 Å². The van der Waals surface area contributed by atoms with E-state index in [2.05, 4.69) is 0 Å². The van der Waals surface area contributed by atoms with Crippen LogP contribution in [0.2, 0.25) is 0 Å². The molecule has 0 radical (unpaired) electrons. The van der Waals surface area contributed by atoms with E-state index in [0.29, 0.717) is 11.5 Å². The zero-order chi connectivity index (χ0) is 11.5. The highest BCUT2D eigenvalue weighted by atomic mass is 35.7. The maximum atomic E-state index is 11.7. The largest absolute Gasteiger partial charge is 0.497 e. The Morgan fingerprint density at radius 3 is 2.07 bits per heavy atom. The van der Waals surface area contributed by atoms with E-state index in [0.717, 1.165) is 0 Å². The lowest BCUT2D eigenvalue weighted by Crippen LogP contribution is -2.08. The normalized spacial score (nSPS) is 14.7. The first-order valence-electron chi connectivity index (χ1n) is 4.27. The van der Waals surface area contributed by atoms with Gasteiger partial charge < -0.3 is 9.26 Å². The number of hydrogen-bond donors (Lipinski definition) is 0. The fourth-order valence-electron chi connectivity index (χ4n) is 0.848. The number of benzene rings is 1. The van der Waals surface area contributed by atoms with Crippen molar-refractivity contribution in [3.63, 3.8) is 0 Å². The summed E-state index contributed by atoms with van der Waals surface area (Å²) in [6.45, 7) is -3.25. The van der Waals surface area contributed by atoms with E-state index in [9.17, 15) is 4.57 Å². The van der Waals surface area contributed by atoms with Crippen LogP contribution < -0.4 is 9.26 Å². The average Bonchev–Trinajstić information content (AvgIpc) is 2.18. The molecule has 4 nitrogen and oxygen atoms in total. The molecule has 6 heteroatoms. The predicted molar refractivity (Wildman–Crippen MR) is 60.8 cm³/mol. The summed E-state index contributed by atoms with van der Waals surface area (Å²) >= 11 is 5.71. The summed E-state index contributed by atoms with van der Waals surface area (Å²) in [6.07, 6.45) is 0. The lowest BCUT2D eigenvalue weighted by molar-refractivity contribution is 0.412. The van der Waals surface area contributed by atoms with Crippen LogP contribution in [0.5, 0.6) is 11.5 Å². The highest BCUT2D eigenvalue weighted by molar-refractivity contribution is 7.83. The van der Waals surface area contributed by atoms with Gasteiger partial charge in [-0.25, -0.2) is 9.24 Å². The van der Waals surface area contributed by atoms with Crippen LogP contribution in [-0.2, 0) is 4.57 Å². The first kappa shape index (κ1) is 12.4. The summed E-state index contributed by atoms with van der Waals surface area (Å²) in [5.41, 5.74) is 0. The van der Waals surface area contributed by atoms with Gasteiger partial charge >= 0.3 is 6.87 Å². The van der Waals surface area contributed by atoms with Gasteiger partial charge in [0, 0.05) is 11.2 Å². The molecule has 0 aromatic heterocycles. The molecule has 0 heterocycles. The van der Waals surface area contributed by atoms with Gasteiger partial charge in [-0.1, -0.05) is 0 Å². The molecule has 0 unspecified atom stereocenters. The Balaban J connectivity index is 2.77. The highest BCUT2D eigenvalue weighted by Gasteiger charge is 2.24. The molecule has 0 fully saturated rings. The fourth-order valence-corrected chi connectivity index (χ4v) is 1.63. The number of nitrogens with zero attached hydrogens (tertiary/aromatic N) is 1. The van der Waals surface area contributed by atoms with Crippen LogP contribution in [0.15, 0.2) is 24.3 Å². The minimum Gasteiger partial charge on any atom is -0.497 e. The monoisotopic (exact) mass is 249 g/mol. The molecule has 0 spiro atoms. The predicted octanol–water partition coefficient (Wildman–Crippen LogP) is 2.98. The average molecular weight is 250 g/mol. The number of rotatable bonds is 4. The van der Waals surface area contributed by atoms with Gasteiger partial charge in [0.1, 0.15) is 11.5 Å². The maximum absolute atomic E-state index is 11.7. The van der Waals surface area contributed by atoms with E-state index < -0.39 is 6.87 Å². The van der Waals surface area contributed by atoms with Gasteiger partial charge in [0.05, 0.1) is 7.11 Å². The molecule has 0 saturated heterocycles. The molecular formula is C9H13ClNO3P. The van der Waals surface area contributed by atoms with Gasteiger partial charge in [-0.3, -0.25) is 0 Å². The third-order valence-corrected chi connectivity index (χ3v) is 4.26. The van der Waals surface area contributed by atoms with Crippen molar-refractivity contribution in [3.8, 4) is 11.5 Å². The van der Waals surface area contributed by atoms with Crippen LogP contribution in [0.4, 0.5) is 0 Å². The van der Waals surface area contributed by atoms with Gasteiger partial charge in [0.2, 0.25) is 0 Å². The Kier molecular flexibility index (Phi) is 4.03. The molecule has 15 heavy (non-hydrogen) atoms.